The number of fused-ring (bicyclic) bond motifs is 1. The van der Waals surface area contributed by atoms with E-state index in [1.54, 1.807) is 30.9 Å². The third-order valence-corrected chi connectivity index (χ3v) is 3.97. The van der Waals surface area contributed by atoms with Crippen molar-refractivity contribution in [3.05, 3.63) is 42.6 Å². The predicted octanol–water partition coefficient (Wildman–Crippen LogP) is 0.710. The molecule has 0 aliphatic carbocycles. The maximum atomic E-state index is 12.7. The molecule has 8 heteroatoms. The second-order valence-corrected chi connectivity index (χ2v) is 5.32. The summed E-state index contributed by atoms with van der Waals surface area (Å²) in [6, 6.07) is 3.60. The number of aromatic nitrogens is 5. The normalized spacial score (nSPS) is 15.1. The summed E-state index contributed by atoms with van der Waals surface area (Å²) in [4.78, 5) is 29.1. The highest BCUT2D eigenvalue weighted by Gasteiger charge is 2.26. The number of anilines is 1. The zero-order valence-electron chi connectivity index (χ0n) is 12.4. The summed E-state index contributed by atoms with van der Waals surface area (Å²) in [5, 5.41) is 7.78. The van der Waals surface area contributed by atoms with Crippen LogP contribution in [0.5, 0.6) is 0 Å². The number of aromatic amines is 1. The van der Waals surface area contributed by atoms with Crippen LogP contribution in [0.3, 0.4) is 0 Å². The Balaban J connectivity index is 1.49. The first kappa shape index (κ1) is 13.6. The van der Waals surface area contributed by atoms with Crippen molar-refractivity contribution in [2.75, 3.05) is 31.1 Å². The number of nitrogens with one attached hydrogen (secondary N) is 1. The molecule has 4 rings (SSSR count). The molecule has 0 atom stereocenters. The number of pyridine rings is 1. The fraction of sp³-hybridized carbons (Fsp3) is 0.267. The molecular formula is C15H15N7O. The van der Waals surface area contributed by atoms with Gasteiger partial charge in [-0.1, -0.05) is 0 Å². The minimum absolute atomic E-state index is 0.0714. The molecule has 0 unspecified atom stereocenters. The first-order valence-corrected chi connectivity index (χ1v) is 7.42. The van der Waals surface area contributed by atoms with Crippen molar-refractivity contribution < 1.29 is 4.79 Å². The monoisotopic (exact) mass is 309 g/mol. The van der Waals surface area contributed by atoms with E-state index in [0.29, 0.717) is 37.8 Å². The van der Waals surface area contributed by atoms with E-state index in [1.165, 1.54) is 0 Å². The first-order chi connectivity index (χ1) is 11.3. The van der Waals surface area contributed by atoms with Crippen LogP contribution in [-0.2, 0) is 0 Å². The number of H-pyrrole nitrogens is 1. The average molecular weight is 309 g/mol. The number of piperazine rings is 1. The number of hydrogen-bond donors (Lipinski definition) is 1. The molecule has 0 saturated carbocycles. The van der Waals surface area contributed by atoms with E-state index in [4.69, 9.17) is 0 Å². The van der Waals surface area contributed by atoms with Gasteiger partial charge in [0.05, 0.1) is 10.9 Å². The van der Waals surface area contributed by atoms with Gasteiger partial charge in [-0.3, -0.25) is 14.9 Å². The van der Waals surface area contributed by atoms with E-state index in [-0.39, 0.29) is 5.91 Å². The molecule has 116 valence electrons. The number of amides is 1. The van der Waals surface area contributed by atoms with Crippen molar-refractivity contribution in [1.29, 1.82) is 0 Å². The van der Waals surface area contributed by atoms with E-state index in [0.717, 1.165) is 10.9 Å². The fourth-order valence-electron chi connectivity index (χ4n) is 2.73. The van der Waals surface area contributed by atoms with Gasteiger partial charge in [0, 0.05) is 51.0 Å². The molecule has 0 aromatic carbocycles. The molecule has 1 aliphatic rings. The Labute approximate surface area is 132 Å². The van der Waals surface area contributed by atoms with Crippen molar-refractivity contribution >= 4 is 22.8 Å². The highest BCUT2D eigenvalue weighted by Crippen LogP contribution is 2.17. The minimum Gasteiger partial charge on any atom is -0.337 e. The van der Waals surface area contributed by atoms with Crippen molar-refractivity contribution in [3.8, 4) is 0 Å². The lowest BCUT2D eigenvalue weighted by Gasteiger charge is -2.34. The van der Waals surface area contributed by atoms with Crippen LogP contribution in [0.4, 0.5) is 5.95 Å². The van der Waals surface area contributed by atoms with Crippen LogP contribution in [0.2, 0.25) is 0 Å². The van der Waals surface area contributed by atoms with Gasteiger partial charge in [-0.15, -0.1) is 0 Å². The Kier molecular flexibility index (Phi) is 3.34. The van der Waals surface area contributed by atoms with Gasteiger partial charge < -0.3 is 9.80 Å². The van der Waals surface area contributed by atoms with Crippen LogP contribution in [0.1, 0.15) is 10.5 Å². The third kappa shape index (κ3) is 2.48. The van der Waals surface area contributed by atoms with Gasteiger partial charge in [0.2, 0.25) is 5.95 Å². The SMILES string of the molecule is O=C(c1n[nH]c2ccncc12)N1CCN(c2ncccn2)CC1. The summed E-state index contributed by atoms with van der Waals surface area (Å²) in [5.74, 6) is 0.631. The van der Waals surface area contributed by atoms with Crippen molar-refractivity contribution in [3.63, 3.8) is 0 Å². The Morgan fingerprint density at radius 3 is 2.65 bits per heavy atom. The molecule has 1 amide bonds. The summed E-state index contributed by atoms with van der Waals surface area (Å²) < 4.78 is 0. The minimum atomic E-state index is -0.0714. The van der Waals surface area contributed by atoms with Gasteiger partial charge in [-0.05, 0) is 12.1 Å². The summed E-state index contributed by atoms with van der Waals surface area (Å²) in [6.07, 6.45) is 6.79. The number of hydrogen-bond acceptors (Lipinski definition) is 6. The maximum Gasteiger partial charge on any atom is 0.275 e. The Morgan fingerprint density at radius 2 is 1.87 bits per heavy atom. The van der Waals surface area contributed by atoms with E-state index in [9.17, 15) is 4.79 Å². The zero-order valence-corrected chi connectivity index (χ0v) is 12.4. The van der Waals surface area contributed by atoms with Crippen LogP contribution in [-0.4, -0.2) is 62.1 Å². The lowest BCUT2D eigenvalue weighted by Crippen LogP contribution is -2.49. The van der Waals surface area contributed by atoms with Gasteiger partial charge >= 0.3 is 0 Å². The van der Waals surface area contributed by atoms with E-state index in [2.05, 4.69) is 30.0 Å². The standard InChI is InChI=1S/C15H15N7O/c23-14(13-11-10-16-5-2-12(11)19-20-13)21-6-8-22(9-7-21)15-17-3-1-4-18-15/h1-5,10H,6-9H2,(H,19,20). The molecule has 0 radical (unpaired) electrons. The van der Waals surface area contributed by atoms with Gasteiger partial charge in [0.15, 0.2) is 5.69 Å². The molecule has 1 saturated heterocycles. The Bertz CT molecular complexity index is 824. The van der Waals surface area contributed by atoms with Crippen LogP contribution in [0, 0.1) is 0 Å². The van der Waals surface area contributed by atoms with E-state index >= 15 is 0 Å². The summed E-state index contributed by atoms with van der Waals surface area (Å²) >= 11 is 0. The Morgan fingerprint density at radius 1 is 1.09 bits per heavy atom. The third-order valence-electron chi connectivity index (χ3n) is 3.97. The number of nitrogens with zero attached hydrogens (tertiary/aromatic N) is 6. The molecular weight excluding hydrogens is 294 g/mol. The highest BCUT2D eigenvalue weighted by atomic mass is 16.2. The molecule has 3 aromatic rings. The topological polar surface area (TPSA) is 90.9 Å². The second-order valence-electron chi connectivity index (χ2n) is 5.32. The van der Waals surface area contributed by atoms with Crippen LogP contribution < -0.4 is 4.90 Å². The van der Waals surface area contributed by atoms with Gasteiger partial charge in [0.25, 0.3) is 5.91 Å². The maximum absolute atomic E-state index is 12.7. The molecule has 1 aliphatic heterocycles. The molecule has 1 fully saturated rings. The highest BCUT2D eigenvalue weighted by molar-refractivity contribution is 6.04. The first-order valence-electron chi connectivity index (χ1n) is 7.42. The van der Waals surface area contributed by atoms with Gasteiger partial charge in [0.1, 0.15) is 0 Å². The molecule has 0 spiro atoms. The Hall–Kier alpha value is -3.03. The van der Waals surface area contributed by atoms with Crippen LogP contribution in [0.15, 0.2) is 36.9 Å². The molecule has 0 bridgehead atoms. The lowest BCUT2D eigenvalue weighted by molar-refractivity contribution is 0.0742. The fourth-order valence-corrected chi connectivity index (χ4v) is 2.73. The number of carbonyl (C=O) groups excluding carboxylic acids is 1. The van der Waals surface area contributed by atoms with E-state index in [1.807, 2.05) is 11.0 Å². The largest absolute Gasteiger partial charge is 0.337 e. The van der Waals surface area contributed by atoms with Gasteiger partial charge in [-0.2, -0.15) is 5.10 Å². The smallest absolute Gasteiger partial charge is 0.275 e. The van der Waals surface area contributed by atoms with Crippen molar-refractivity contribution in [2.45, 2.75) is 0 Å². The van der Waals surface area contributed by atoms with Crippen molar-refractivity contribution in [1.82, 2.24) is 30.0 Å². The summed E-state index contributed by atoms with van der Waals surface area (Å²) in [6.45, 7) is 2.64. The van der Waals surface area contributed by atoms with Crippen LogP contribution in [0.25, 0.3) is 10.9 Å². The number of carbonyl (C=O) groups is 1. The zero-order chi connectivity index (χ0) is 15.6. The van der Waals surface area contributed by atoms with Gasteiger partial charge in [-0.25, -0.2) is 9.97 Å². The number of rotatable bonds is 2. The molecule has 4 heterocycles. The van der Waals surface area contributed by atoms with Crippen molar-refractivity contribution in [2.24, 2.45) is 0 Å². The predicted molar refractivity (Wildman–Crippen MR) is 84.0 cm³/mol. The summed E-state index contributed by atoms with van der Waals surface area (Å²) in [5.41, 5.74) is 1.25. The summed E-state index contributed by atoms with van der Waals surface area (Å²) in [7, 11) is 0. The molecule has 1 N–H and O–H groups in total. The molecule has 8 nitrogen and oxygen atoms in total. The average Bonchev–Trinajstić information content (AvgIpc) is 3.06. The quantitative estimate of drug-likeness (QED) is 0.750. The van der Waals surface area contributed by atoms with E-state index < -0.39 is 0 Å². The lowest BCUT2D eigenvalue weighted by atomic mass is 10.2. The second kappa shape index (κ2) is 5.64. The van der Waals surface area contributed by atoms with Crippen LogP contribution >= 0.6 is 0 Å². The molecule has 3 aromatic heterocycles. The molecule has 23 heavy (non-hydrogen) atoms.